The second kappa shape index (κ2) is 28.4. The van der Waals surface area contributed by atoms with Gasteiger partial charge in [-0.15, -0.1) is 46.4 Å². The van der Waals surface area contributed by atoms with Gasteiger partial charge in [0, 0.05) is 0 Å². The maximum absolute atomic E-state index is 9.27. The molecule has 1 fully saturated rings. The Bertz CT molecular complexity index is 1640. The molecular weight excluding hydrogens is 733 g/mol. The SMILES string of the molecule is C1CC1.ClCCl.ClCCl.Oc1cccc(-c2ccccc2)c1.[Na+].[OH-].c1ccc(-c2cccc(OCOc3cccc(-c4ccccc4)c3)c2)cc1. The minimum Gasteiger partial charge on any atom is -0.870 e. The van der Waals surface area contributed by atoms with Crippen molar-refractivity contribution in [2.24, 2.45) is 0 Å². The second-order valence-electron chi connectivity index (χ2n) is 10.4. The number of rotatable bonds is 7. The molecular formula is C42H41Cl4NaO4. The molecule has 6 aromatic rings. The summed E-state index contributed by atoms with van der Waals surface area (Å²) in [6.07, 6.45) is 4.50. The summed E-state index contributed by atoms with van der Waals surface area (Å²) in [5, 5.41) is 9.66. The van der Waals surface area contributed by atoms with Crippen molar-refractivity contribution in [2.45, 2.75) is 19.3 Å². The molecule has 0 saturated heterocycles. The fraction of sp³-hybridized carbons (Fsp3) is 0.143. The van der Waals surface area contributed by atoms with E-state index in [0.717, 1.165) is 33.8 Å². The van der Waals surface area contributed by atoms with Gasteiger partial charge in [-0.25, -0.2) is 0 Å². The summed E-state index contributed by atoms with van der Waals surface area (Å²) in [6.45, 7) is 0.163. The van der Waals surface area contributed by atoms with Crippen molar-refractivity contribution < 1.29 is 49.6 Å². The Balaban J connectivity index is 0.000000450. The van der Waals surface area contributed by atoms with Crippen LogP contribution in [0.25, 0.3) is 33.4 Å². The van der Waals surface area contributed by atoms with E-state index in [2.05, 4.69) is 36.4 Å². The molecule has 7 rings (SSSR count). The van der Waals surface area contributed by atoms with Crippen LogP contribution in [0.5, 0.6) is 17.2 Å². The monoisotopic (exact) mass is 772 g/mol. The van der Waals surface area contributed by atoms with Crippen LogP contribution in [0.4, 0.5) is 0 Å². The summed E-state index contributed by atoms with van der Waals surface area (Å²) in [5.74, 6) is 1.88. The molecule has 0 unspecified atom stereocenters. The van der Waals surface area contributed by atoms with Crippen LogP contribution in [0.3, 0.4) is 0 Å². The largest absolute Gasteiger partial charge is 1.00 e. The van der Waals surface area contributed by atoms with Crippen molar-refractivity contribution in [1.29, 1.82) is 0 Å². The van der Waals surface area contributed by atoms with E-state index in [1.54, 1.807) is 12.1 Å². The molecule has 1 saturated carbocycles. The molecule has 0 heterocycles. The minimum atomic E-state index is 0. The van der Waals surface area contributed by atoms with Crippen LogP contribution in [0.2, 0.25) is 0 Å². The van der Waals surface area contributed by atoms with Gasteiger partial charge in [0.25, 0.3) is 0 Å². The Morgan fingerprint density at radius 2 is 0.706 bits per heavy atom. The zero-order valence-corrected chi connectivity index (χ0v) is 33.6. The number of hydrogen-bond donors (Lipinski definition) is 1. The van der Waals surface area contributed by atoms with Gasteiger partial charge in [0.05, 0.1) is 10.7 Å². The van der Waals surface area contributed by atoms with Gasteiger partial charge < -0.3 is 20.1 Å². The first-order valence-electron chi connectivity index (χ1n) is 15.7. The number of hydrogen-bond acceptors (Lipinski definition) is 4. The van der Waals surface area contributed by atoms with Gasteiger partial charge >= 0.3 is 29.6 Å². The van der Waals surface area contributed by atoms with E-state index < -0.39 is 0 Å². The van der Waals surface area contributed by atoms with Gasteiger partial charge in [0.15, 0.2) is 0 Å². The average Bonchev–Trinajstić information content (AvgIpc) is 4.05. The van der Waals surface area contributed by atoms with Crippen molar-refractivity contribution >= 4 is 46.4 Å². The van der Waals surface area contributed by atoms with Crippen LogP contribution in [0.15, 0.2) is 164 Å². The van der Waals surface area contributed by atoms with Crippen molar-refractivity contribution in [3.8, 4) is 50.6 Å². The molecule has 1 aliphatic carbocycles. The smallest absolute Gasteiger partial charge is 0.870 e. The zero-order chi connectivity index (χ0) is 34.9. The third kappa shape index (κ3) is 19.3. The first-order chi connectivity index (χ1) is 24.1. The number of phenolic OH excluding ortho intramolecular Hbond substituents is 1. The molecule has 4 nitrogen and oxygen atoms in total. The topological polar surface area (TPSA) is 68.7 Å². The molecule has 9 heteroatoms. The normalized spacial score (nSPS) is 10.1. The van der Waals surface area contributed by atoms with Gasteiger partial charge in [-0.05, 0) is 69.8 Å². The maximum atomic E-state index is 9.27. The number of phenols is 1. The minimum absolute atomic E-state index is 0. The van der Waals surface area contributed by atoms with Crippen molar-refractivity contribution in [3.63, 3.8) is 0 Å². The molecule has 1 aliphatic rings. The van der Waals surface area contributed by atoms with E-state index in [9.17, 15) is 5.11 Å². The molecule has 6 aromatic carbocycles. The van der Waals surface area contributed by atoms with Crippen LogP contribution in [-0.4, -0.2) is 28.1 Å². The predicted octanol–water partition coefficient (Wildman–Crippen LogP) is 10.3. The standard InChI is InChI=1S/C25H20O2.C12H10O.C3H6.2CH2Cl2.Na.H2O/c1-3-9-20(10-4-1)22-13-7-15-24(17-22)26-19-27-25-16-8-14-23(18-25)21-11-5-2-6-12-21;13-12-8-4-7-11(9-12)10-5-2-1-3-6-10;1-2-3-1;2*2-1-3;;/h1-18H,19H2;1-9,13H;1-3H2;2*1H2;;1H2/q;;;;;+1;/p-1. The van der Waals surface area contributed by atoms with Crippen LogP contribution in [-0.2, 0) is 0 Å². The summed E-state index contributed by atoms with van der Waals surface area (Å²) >= 11 is 19.1. The van der Waals surface area contributed by atoms with E-state index in [4.69, 9.17) is 55.9 Å². The second-order valence-corrected chi connectivity index (χ2v) is 12.0. The molecule has 0 aliphatic heterocycles. The Kier molecular flexibility index (Phi) is 25.6. The van der Waals surface area contributed by atoms with Crippen molar-refractivity contribution in [3.05, 3.63) is 164 Å². The average molecular weight is 775 g/mol. The maximum Gasteiger partial charge on any atom is 1.00 e. The summed E-state index contributed by atoms with van der Waals surface area (Å²) in [5.41, 5.74) is 6.75. The number of aromatic hydroxyl groups is 1. The molecule has 0 radical (unpaired) electrons. The molecule has 262 valence electrons. The summed E-state index contributed by atoms with van der Waals surface area (Å²) in [4.78, 5) is 0. The van der Waals surface area contributed by atoms with E-state index in [0.29, 0.717) is 5.75 Å². The number of benzene rings is 6. The third-order valence-electron chi connectivity index (χ3n) is 6.64. The summed E-state index contributed by atoms with van der Waals surface area (Å²) < 4.78 is 11.6. The molecule has 0 amide bonds. The summed E-state index contributed by atoms with van der Waals surface area (Å²) in [7, 11) is 0. The number of alkyl halides is 4. The van der Waals surface area contributed by atoms with Crippen LogP contribution in [0.1, 0.15) is 19.3 Å². The van der Waals surface area contributed by atoms with Crippen molar-refractivity contribution in [2.75, 3.05) is 17.5 Å². The Morgan fingerprint density at radius 3 is 1.02 bits per heavy atom. The third-order valence-corrected chi connectivity index (χ3v) is 6.64. The number of ether oxygens (including phenoxy) is 2. The van der Waals surface area contributed by atoms with Gasteiger partial charge in [0.1, 0.15) is 17.2 Å². The van der Waals surface area contributed by atoms with E-state index in [-0.39, 0.29) is 52.5 Å². The van der Waals surface area contributed by atoms with Crippen LogP contribution < -0.4 is 39.0 Å². The fourth-order valence-electron chi connectivity index (χ4n) is 4.27. The Hall–Kier alpha value is -3.16. The predicted molar refractivity (Wildman–Crippen MR) is 212 cm³/mol. The molecule has 0 atom stereocenters. The quantitative estimate of drug-likeness (QED) is 0.0997. The van der Waals surface area contributed by atoms with Gasteiger partial charge in [0.2, 0.25) is 6.79 Å². The first-order valence-corrected chi connectivity index (χ1v) is 17.9. The van der Waals surface area contributed by atoms with Crippen LogP contribution >= 0.6 is 46.4 Å². The van der Waals surface area contributed by atoms with E-state index in [1.165, 1.54) is 30.4 Å². The molecule has 51 heavy (non-hydrogen) atoms. The Morgan fingerprint density at radius 1 is 0.412 bits per heavy atom. The fourth-order valence-corrected chi connectivity index (χ4v) is 4.27. The molecule has 0 bridgehead atoms. The number of halogens is 4. The first kappa shape index (κ1) is 45.9. The Labute approximate surface area is 344 Å². The van der Waals surface area contributed by atoms with E-state index in [1.807, 2.05) is 115 Å². The molecule has 0 aromatic heterocycles. The van der Waals surface area contributed by atoms with Crippen molar-refractivity contribution in [1.82, 2.24) is 0 Å². The van der Waals surface area contributed by atoms with E-state index >= 15 is 0 Å². The zero-order valence-electron chi connectivity index (χ0n) is 28.6. The van der Waals surface area contributed by atoms with Crippen LogP contribution in [0, 0.1) is 0 Å². The van der Waals surface area contributed by atoms with Gasteiger partial charge in [-0.3, -0.25) is 0 Å². The van der Waals surface area contributed by atoms with Gasteiger partial charge in [-0.2, -0.15) is 0 Å². The van der Waals surface area contributed by atoms with Gasteiger partial charge in [-0.1, -0.05) is 147 Å². The molecule has 0 spiro atoms. The molecule has 2 N–H and O–H groups in total. The summed E-state index contributed by atoms with van der Waals surface area (Å²) in [6, 6.07) is 53.8.